The van der Waals surface area contributed by atoms with E-state index in [4.69, 9.17) is 4.42 Å². The summed E-state index contributed by atoms with van der Waals surface area (Å²) >= 11 is 1.23. The van der Waals surface area contributed by atoms with Gasteiger partial charge in [0.1, 0.15) is 34.0 Å². The lowest BCUT2D eigenvalue weighted by Crippen LogP contribution is -2.50. The highest BCUT2D eigenvalue weighted by Gasteiger charge is 2.31. The van der Waals surface area contributed by atoms with Gasteiger partial charge < -0.3 is 29.8 Å². The Morgan fingerprint density at radius 3 is 2.54 bits per heavy atom. The molecule has 6 rings (SSSR count). The smallest absolute Gasteiger partial charge is 0.274 e. The number of carbonyl (C=O) groups excluding carboxylic acids is 4. The number of nitrogens with one attached hydrogen (secondary N) is 3. The number of thiazole rings is 1. The fraction of sp³-hybridized carbons (Fsp3) is 0.333. The molecule has 0 saturated heterocycles. The predicted molar refractivity (Wildman–Crippen MR) is 185 cm³/mol. The number of benzene rings is 2. The third-order valence-electron chi connectivity index (χ3n) is 8.70. The summed E-state index contributed by atoms with van der Waals surface area (Å²) in [6.45, 7) is 6.70. The van der Waals surface area contributed by atoms with Crippen molar-refractivity contribution in [1.82, 2.24) is 35.4 Å². The van der Waals surface area contributed by atoms with Crippen molar-refractivity contribution < 1.29 is 28.0 Å². The van der Waals surface area contributed by atoms with Gasteiger partial charge in [0, 0.05) is 29.9 Å². The molecule has 4 amide bonds. The molecular formula is C36H38FN7O5S. The number of aromatic nitrogens is 3. The van der Waals surface area contributed by atoms with Crippen LogP contribution in [0.1, 0.15) is 86.5 Å². The molecule has 0 saturated carbocycles. The number of hydrogen-bond acceptors (Lipinski definition) is 8. The Kier molecular flexibility index (Phi) is 9.82. The number of oxazole rings is 1. The number of nitrogens with zero attached hydrogens (tertiary/aromatic N) is 4. The van der Waals surface area contributed by atoms with E-state index in [-0.39, 0.29) is 47.7 Å². The second-order valence-electron chi connectivity index (χ2n) is 12.8. The number of rotatable bonds is 4. The zero-order chi connectivity index (χ0) is 35.7. The molecule has 12 nitrogen and oxygen atoms in total. The normalized spacial score (nSPS) is 19.1. The Balaban J connectivity index is 1.42. The van der Waals surface area contributed by atoms with Gasteiger partial charge in [-0.3, -0.25) is 19.2 Å². The van der Waals surface area contributed by atoms with Gasteiger partial charge in [-0.2, -0.15) is 0 Å². The minimum atomic E-state index is -0.724. The number of hydrogen-bond donors (Lipinski definition) is 3. The number of fused-ring (bicyclic) bond motifs is 5. The van der Waals surface area contributed by atoms with E-state index in [1.165, 1.54) is 28.4 Å². The van der Waals surface area contributed by atoms with Gasteiger partial charge in [-0.15, -0.1) is 11.3 Å². The summed E-state index contributed by atoms with van der Waals surface area (Å²) in [4.78, 5) is 65.5. The van der Waals surface area contributed by atoms with Gasteiger partial charge >= 0.3 is 0 Å². The Morgan fingerprint density at radius 2 is 1.80 bits per heavy atom. The van der Waals surface area contributed by atoms with Crippen molar-refractivity contribution in [1.29, 1.82) is 0 Å². The van der Waals surface area contributed by atoms with Crippen molar-refractivity contribution in [2.24, 2.45) is 13.0 Å². The monoisotopic (exact) mass is 699 g/mol. The first-order valence-corrected chi connectivity index (χ1v) is 17.2. The SMILES string of the molecule is Cc1oc2nc1C(=O)N[C@H](C)c1nc(cs1)C(=O)N[C@H](Cc1ccccc1)CN(C(=O)c1cc3cc(F)ccc3n1C)CC(=O)N[C@H]2C(C)C. The van der Waals surface area contributed by atoms with Gasteiger partial charge in [-0.25, -0.2) is 14.4 Å². The van der Waals surface area contributed by atoms with Crippen LogP contribution in [0.5, 0.6) is 0 Å². The van der Waals surface area contributed by atoms with Crippen molar-refractivity contribution in [3.63, 3.8) is 0 Å². The molecule has 4 heterocycles. The summed E-state index contributed by atoms with van der Waals surface area (Å²) in [5, 5.41) is 11.5. The van der Waals surface area contributed by atoms with Crippen molar-refractivity contribution in [2.75, 3.05) is 13.1 Å². The summed E-state index contributed by atoms with van der Waals surface area (Å²) in [6, 6.07) is 13.4. The molecule has 1 aliphatic heterocycles. The summed E-state index contributed by atoms with van der Waals surface area (Å²) in [5.41, 5.74) is 2.00. The van der Waals surface area contributed by atoms with E-state index < -0.39 is 47.6 Å². The van der Waals surface area contributed by atoms with E-state index in [0.717, 1.165) is 5.56 Å². The molecular weight excluding hydrogens is 662 g/mol. The maximum Gasteiger partial charge on any atom is 0.274 e. The molecule has 0 spiro atoms. The molecule has 0 radical (unpaired) electrons. The summed E-state index contributed by atoms with van der Waals surface area (Å²) in [5.74, 6) is -2.17. The van der Waals surface area contributed by atoms with E-state index in [2.05, 4.69) is 25.9 Å². The average Bonchev–Trinajstić information content (AvgIpc) is 3.80. The molecule has 3 N–H and O–H groups in total. The van der Waals surface area contributed by atoms with Crippen molar-refractivity contribution >= 4 is 45.9 Å². The second kappa shape index (κ2) is 14.2. The van der Waals surface area contributed by atoms with Crippen LogP contribution < -0.4 is 16.0 Å². The maximum atomic E-state index is 14.4. The van der Waals surface area contributed by atoms with E-state index in [1.807, 2.05) is 44.2 Å². The minimum Gasteiger partial charge on any atom is -0.443 e. The van der Waals surface area contributed by atoms with E-state index in [1.54, 1.807) is 43.0 Å². The van der Waals surface area contributed by atoms with E-state index >= 15 is 0 Å². The van der Waals surface area contributed by atoms with Crippen LogP contribution in [-0.4, -0.2) is 62.2 Å². The first-order chi connectivity index (χ1) is 23.9. The van der Waals surface area contributed by atoms with Crippen LogP contribution in [0.25, 0.3) is 10.9 Å². The van der Waals surface area contributed by atoms with Crippen molar-refractivity contribution in [3.8, 4) is 0 Å². The van der Waals surface area contributed by atoms with Crippen molar-refractivity contribution in [3.05, 3.63) is 105 Å². The molecule has 0 aliphatic carbocycles. The summed E-state index contributed by atoms with van der Waals surface area (Å²) in [6.07, 6.45) is 0.342. The molecule has 4 bridgehead atoms. The van der Waals surface area contributed by atoms with Crippen LogP contribution in [-0.2, 0) is 18.3 Å². The Labute approximate surface area is 292 Å². The Hall–Kier alpha value is -5.37. The molecule has 0 fully saturated rings. The fourth-order valence-corrected chi connectivity index (χ4v) is 6.88. The van der Waals surface area contributed by atoms with Crippen LogP contribution in [0.15, 0.2) is 64.4 Å². The van der Waals surface area contributed by atoms with Crippen LogP contribution in [0.3, 0.4) is 0 Å². The fourth-order valence-electron chi connectivity index (χ4n) is 6.08. The van der Waals surface area contributed by atoms with Crippen LogP contribution in [0, 0.1) is 18.7 Å². The topological polar surface area (TPSA) is 151 Å². The highest BCUT2D eigenvalue weighted by molar-refractivity contribution is 7.09. The van der Waals surface area contributed by atoms with Gasteiger partial charge in [0.2, 0.25) is 11.8 Å². The standard InChI is InChI=1S/C36H38FN7O5S/c1-19(2)30-34-42-31(21(4)49-34)33(47)38-20(3)35-40-26(18-50-35)32(46)39-25(13-22-9-7-6-8-10-22)16-44(17-29(45)41-30)36(48)28-15-23-14-24(37)11-12-27(23)43(28)5/h6-12,14-15,18-20,25,30H,13,16-17H2,1-5H3,(H,38,47)(H,39,46)(H,41,45)/t20-,25-,30+/m1/s1. The van der Waals surface area contributed by atoms with Crippen LogP contribution in [0.4, 0.5) is 4.39 Å². The zero-order valence-corrected chi connectivity index (χ0v) is 29.1. The van der Waals surface area contributed by atoms with Crippen molar-refractivity contribution in [2.45, 2.75) is 52.2 Å². The van der Waals surface area contributed by atoms with Gasteiger partial charge in [0.15, 0.2) is 5.69 Å². The molecule has 0 unspecified atom stereocenters. The molecule has 3 aromatic heterocycles. The zero-order valence-electron chi connectivity index (χ0n) is 28.3. The third kappa shape index (κ3) is 7.30. The predicted octanol–water partition coefficient (Wildman–Crippen LogP) is 4.87. The maximum absolute atomic E-state index is 14.4. The lowest BCUT2D eigenvalue weighted by atomic mass is 10.0. The largest absolute Gasteiger partial charge is 0.443 e. The van der Waals surface area contributed by atoms with Gasteiger partial charge in [0.05, 0.1) is 18.6 Å². The number of amides is 4. The second-order valence-corrected chi connectivity index (χ2v) is 13.7. The van der Waals surface area contributed by atoms with Gasteiger partial charge in [0.25, 0.3) is 17.7 Å². The molecule has 14 heteroatoms. The number of aryl methyl sites for hydroxylation is 2. The van der Waals surface area contributed by atoms with Crippen LogP contribution >= 0.6 is 11.3 Å². The van der Waals surface area contributed by atoms with Gasteiger partial charge in [-0.1, -0.05) is 44.2 Å². The molecule has 5 aromatic rings. The highest BCUT2D eigenvalue weighted by atomic mass is 32.1. The molecule has 50 heavy (non-hydrogen) atoms. The summed E-state index contributed by atoms with van der Waals surface area (Å²) < 4.78 is 21.7. The number of halogens is 1. The first kappa shape index (κ1) is 34.5. The van der Waals surface area contributed by atoms with Crippen LogP contribution in [0.2, 0.25) is 0 Å². The highest BCUT2D eigenvalue weighted by Crippen LogP contribution is 2.26. The van der Waals surface area contributed by atoms with Gasteiger partial charge in [-0.05, 0) is 56.0 Å². The van der Waals surface area contributed by atoms with E-state index in [9.17, 15) is 23.6 Å². The lowest BCUT2D eigenvalue weighted by molar-refractivity contribution is -0.123. The number of carbonyl (C=O) groups is 4. The molecule has 1 aliphatic rings. The first-order valence-electron chi connectivity index (χ1n) is 16.3. The quantitative estimate of drug-likeness (QED) is 0.242. The lowest BCUT2D eigenvalue weighted by Gasteiger charge is -2.29. The third-order valence-corrected chi connectivity index (χ3v) is 9.72. The molecule has 3 atom stereocenters. The average molecular weight is 700 g/mol. The molecule has 2 aromatic carbocycles. The Morgan fingerprint density at radius 1 is 1.04 bits per heavy atom. The van der Waals surface area contributed by atoms with E-state index in [0.29, 0.717) is 22.3 Å². The Bertz CT molecular complexity index is 2070. The summed E-state index contributed by atoms with van der Waals surface area (Å²) in [7, 11) is 1.70. The minimum absolute atomic E-state index is 0.0408. The molecule has 260 valence electrons.